The van der Waals surface area contributed by atoms with E-state index in [1.54, 1.807) is 4.68 Å². The second-order valence-electron chi connectivity index (χ2n) is 3.39. The minimum Gasteiger partial charge on any atom is -0.381 e. The molecule has 0 radical (unpaired) electrons. The van der Waals surface area contributed by atoms with E-state index in [0.717, 1.165) is 18.5 Å². The van der Waals surface area contributed by atoms with Crippen molar-refractivity contribution in [2.45, 2.75) is 33.2 Å². The molecule has 86 valence electrons. The van der Waals surface area contributed by atoms with Gasteiger partial charge in [0, 0.05) is 6.42 Å². The standard InChI is InChI=1S/C9H14N6O/c1-3-6-9(10)12-14-15(6)5-8-11-7(4-2)13-16-8/h3-5,10H2,1-2H3. The number of aromatic nitrogens is 5. The second kappa shape index (κ2) is 4.30. The predicted octanol–water partition coefficient (Wildman–Crippen LogP) is 0.416. The Morgan fingerprint density at radius 1 is 1.31 bits per heavy atom. The molecule has 0 aliphatic heterocycles. The molecule has 7 heteroatoms. The number of hydrogen-bond acceptors (Lipinski definition) is 6. The smallest absolute Gasteiger partial charge is 0.248 e. The molecular weight excluding hydrogens is 208 g/mol. The zero-order chi connectivity index (χ0) is 11.5. The summed E-state index contributed by atoms with van der Waals surface area (Å²) in [5.41, 5.74) is 6.56. The summed E-state index contributed by atoms with van der Waals surface area (Å²) in [7, 11) is 0. The molecule has 2 heterocycles. The van der Waals surface area contributed by atoms with Crippen molar-refractivity contribution in [3.05, 3.63) is 17.4 Å². The van der Waals surface area contributed by atoms with Gasteiger partial charge in [-0.1, -0.05) is 24.2 Å². The zero-order valence-electron chi connectivity index (χ0n) is 9.34. The Labute approximate surface area is 92.6 Å². The van der Waals surface area contributed by atoms with Crippen LogP contribution in [0.3, 0.4) is 0 Å². The van der Waals surface area contributed by atoms with Crippen molar-refractivity contribution in [1.82, 2.24) is 25.1 Å². The Bertz CT molecular complexity index is 474. The maximum atomic E-state index is 5.68. The van der Waals surface area contributed by atoms with E-state index in [1.165, 1.54) is 0 Å². The van der Waals surface area contributed by atoms with Gasteiger partial charge < -0.3 is 10.3 Å². The summed E-state index contributed by atoms with van der Waals surface area (Å²) in [4.78, 5) is 4.20. The molecule has 16 heavy (non-hydrogen) atoms. The molecule has 0 aliphatic rings. The number of nitrogens with zero attached hydrogens (tertiary/aromatic N) is 5. The normalized spacial score (nSPS) is 10.9. The fourth-order valence-electron chi connectivity index (χ4n) is 1.46. The van der Waals surface area contributed by atoms with E-state index < -0.39 is 0 Å². The molecule has 2 rings (SSSR count). The molecule has 2 N–H and O–H groups in total. The molecule has 7 nitrogen and oxygen atoms in total. The number of rotatable bonds is 4. The van der Waals surface area contributed by atoms with Crippen molar-refractivity contribution in [2.75, 3.05) is 5.73 Å². The molecule has 0 saturated heterocycles. The Balaban J connectivity index is 2.19. The van der Waals surface area contributed by atoms with Crippen molar-refractivity contribution in [2.24, 2.45) is 0 Å². The summed E-state index contributed by atoms with van der Waals surface area (Å²) in [6.45, 7) is 4.39. The Hall–Kier alpha value is -1.92. The topological polar surface area (TPSA) is 95.7 Å². The van der Waals surface area contributed by atoms with Crippen LogP contribution in [-0.4, -0.2) is 25.1 Å². The largest absolute Gasteiger partial charge is 0.381 e. The molecule has 0 spiro atoms. The number of aryl methyl sites for hydroxylation is 1. The van der Waals surface area contributed by atoms with Crippen LogP contribution in [0.25, 0.3) is 0 Å². The average Bonchev–Trinajstić information content (AvgIpc) is 2.86. The zero-order valence-corrected chi connectivity index (χ0v) is 9.34. The number of anilines is 1. The van der Waals surface area contributed by atoms with Crippen molar-refractivity contribution < 1.29 is 4.52 Å². The molecule has 0 fully saturated rings. The lowest BCUT2D eigenvalue weighted by atomic mass is 10.3. The van der Waals surface area contributed by atoms with Gasteiger partial charge in [-0.2, -0.15) is 4.98 Å². The molecular formula is C9H14N6O. The Morgan fingerprint density at radius 3 is 2.75 bits per heavy atom. The van der Waals surface area contributed by atoms with Crippen molar-refractivity contribution in [1.29, 1.82) is 0 Å². The highest BCUT2D eigenvalue weighted by Crippen LogP contribution is 2.10. The first-order chi connectivity index (χ1) is 7.74. The fourth-order valence-corrected chi connectivity index (χ4v) is 1.46. The Kier molecular flexibility index (Phi) is 2.84. The van der Waals surface area contributed by atoms with Gasteiger partial charge in [-0.25, -0.2) is 4.68 Å². The van der Waals surface area contributed by atoms with Gasteiger partial charge in [0.05, 0.1) is 5.69 Å². The minimum atomic E-state index is 0.417. The maximum absolute atomic E-state index is 5.68. The molecule has 0 bridgehead atoms. The molecule has 0 amide bonds. The second-order valence-corrected chi connectivity index (χ2v) is 3.39. The molecule has 0 saturated carbocycles. The molecule has 2 aromatic rings. The van der Waals surface area contributed by atoms with Crippen LogP contribution in [0, 0.1) is 0 Å². The van der Waals surface area contributed by atoms with E-state index in [-0.39, 0.29) is 0 Å². The number of nitrogens with two attached hydrogens (primary N) is 1. The number of nitrogen functional groups attached to an aromatic ring is 1. The van der Waals surface area contributed by atoms with Crippen LogP contribution in [0.4, 0.5) is 5.82 Å². The van der Waals surface area contributed by atoms with E-state index in [4.69, 9.17) is 10.3 Å². The van der Waals surface area contributed by atoms with Crippen LogP contribution >= 0.6 is 0 Å². The lowest BCUT2D eigenvalue weighted by molar-refractivity contribution is 0.358. The third-order valence-electron chi connectivity index (χ3n) is 2.31. The third kappa shape index (κ3) is 1.88. The molecule has 0 unspecified atom stereocenters. The van der Waals surface area contributed by atoms with Crippen molar-refractivity contribution in [3.8, 4) is 0 Å². The number of hydrogen-bond donors (Lipinski definition) is 1. The van der Waals surface area contributed by atoms with E-state index in [2.05, 4.69) is 20.5 Å². The summed E-state index contributed by atoms with van der Waals surface area (Å²) < 4.78 is 6.76. The Morgan fingerprint density at radius 2 is 2.12 bits per heavy atom. The van der Waals surface area contributed by atoms with Gasteiger partial charge >= 0.3 is 0 Å². The van der Waals surface area contributed by atoms with Gasteiger partial charge in [0.2, 0.25) is 5.89 Å². The van der Waals surface area contributed by atoms with Crippen LogP contribution in [0.5, 0.6) is 0 Å². The highest BCUT2D eigenvalue weighted by atomic mass is 16.5. The van der Waals surface area contributed by atoms with Crippen LogP contribution in [0.15, 0.2) is 4.52 Å². The maximum Gasteiger partial charge on any atom is 0.248 e. The van der Waals surface area contributed by atoms with Crippen LogP contribution in [0.2, 0.25) is 0 Å². The van der Waals surface area contributed by atoms with Gasteiger partial charge in [0.15, 0.2) is 11.6 Å². The van der Waals surface area contributed by atoms with Crippen molar-refractivity contribution in [3.63, 3.8) is 0 Å². The first-order valence-electron chi connectivity index (χ1n) is 5.23. The van der Waals surface area contributed by atoms with Gasteiger partial charge in [0.1, 0.15) is 6.54 Å². The summed E-state index contributed by atoms with van der Waals surface area (Å²) in [6.07, 6.45) is 1.53. The average molecular weight is 222 g/mol. The summed E-state index contributed by atoms with van der Waals surface area (Å²) in [6, 6.07) is 0. The lowest BCUT2D eigenvalue weighted by Gasteiger charge is -2.00. The van der Waals surface area contributed by atoms with E-state index in [1.807, 2.05) is 13.8 Å². The van der Waals surface area contributed by atoms with Gasteiger partial charge in [-0.3, -0.25) is 0 Å². The van der Waals surface area contributed by atoms with Crippen LogP contribution in [-0.2, 0) is 19.4 Å². The molecule has 0 aromatic carbocycles. The molecule has 0 atom stereocenters. The van der Waals surface area contributed by atoms with Crippen LogP contribution < -0.4 is 5.73 Å². The highest BCUT2D eigenvalue weighted by molar-refractivity contribution is 5.32. The third-order valence-corrected chi connectivity index (χ3v) is 2.31. The lowest BCUT2D eigenvalue weighted by Crippen LogP contribution is -2.07. The first-order valence-corrected chi connectivity index (χ1v) is 5.23. The minimum absolute atomic E-state index is 0.417. The van der Waals surface area contributed by atoms with E-state index >= 15 is 0 Å². The van der Waals surface area contributed by atoms with E-state index in [0.29, 0.717) is 24.1 Å². The van der Waals surface area contributed by atoms with E-state index in [9.17, 15) is 0 Å². The fraction of sp³-hybridized carbons (Fsp3) is 0.556. The molecule has 2 aromatic heterocycles. The quantitative estimate of drug-likeness (QED) is 0.805. The first kappa shape index (κ1) is 10.6. The van der Waals surface area contributed by atoms with Gasteiger partial charge in [0.25, 0.3) is 0 Å². The van der Waals surface area contributed by atoms with Gasteiger partial charge in [-0.15, -0.1) is 5.10 Å². The molecule has 0 aliphatic carbocycles. The monoisotopic (exact) mass is 222 g/mol. The summed E-state index contributed by atoms with van der Waals surface area (Å²) in [5, 5.41) is 11.6. The predicted molar refractivity (Wildman–Crippen MR) is 56.6 cm³/mol. The van der Waals surface area contributed by atoms with Crippen molar-refractivity contribution >= 4 is 5.82 Å². The SMILES string of the molecule is CCc1noc(Cn2nnc(N)c2CC)n1. The summed E-state index contributed by atoms with van der Waals surface area (Å²) >= 11 is 0. The summed E-state index contributed by atoms with van der Waals surface area (Å²) in [5.74, 6) is 1.68. The van der Waals surface area contributed by atoms with Crippen LogP contribution in [0.1, 0.15) is 31.3 Å². The highest BCUT2D eigenvalue weighted by Gasteiger charge is 2.11. The van der Waals surface area contributed by atoms with Gasteiger partial charge in [-0.05, 0) is 6.42 Å².